The van der Waals surface area contributed by atoms with Gasteiger partial charge in [0.15, 0.2) is 5.01 Å². The summed E-state index contributed by atoms with van der Waals surface area (Å²) in [5, 5.41) is 7.99. The van der Waals surface area contributed by atoms with E-state index in [1.165, 1.54) is 17.9 Å². The number of benzene rings is 1. The molecule has 9 nitrogen and oxygen atoms in total. The summed E-state index contributed by atoms with van der Waals surface area (Å²) in [6.45, 7) is 0.814. The Morgan fingerprint density at radius 2 is 1.89 bits per heavy atom. The highest BCUT2D eigenvalue weighted by molar-refractivity contribution is 7.89. The maximum absolute atomic E-state index is 14.3. The maximum atomic E-state index is 14.3. The lowest BCUT2D eigenvalue weighted by Gasteiger charge is -2.46. The van der Waals surface area contributed by atoms with Crippen molar-refractivity contribution in [2.75, 3.05) is 6.54 Å². The molecule has 2 aliphatic carbocycles. The van der Waals surface area contributed by atoms with Crippen molar-refractivity contribution in [3.63, 3.8) is 0 Å². The van der Waals surface area contributed by atoms with Gasteiger partial charge in [0.05, 0.1) is 41.9 Å². The first kappa shape index (κ1) is 31.2. The molecular weight excluding hydrogens is 639 g/mol. The largest absolute Gasteiger partial charge is 0.427 e. The van der Waals surface area contributed by atoms with Crippen molar-refractivity contribution in [1.29, 1.82) is 0 Å². The summed E-state index contributed by atoms with van der Waals surface area (Å²) in [6.07, 6.45) is -1.59. The molecule has 2 atom stereocenters. The third-order valence-electron chi connectivity index (χ3n) is 8.34. The van der Waals surface area contributed by atoms with Gasteiger partial charge in [0, 0.05) is 19.3 Å². The van der Waals surface area contributed by atoms with Crippen LogP contribution in [0.15, 0.2) is 59.5 Å². The zero-order chi connectivity index (χ0) is 32.3. The topological polar surface area (TPSA) is 103 Å². The second kappa shape index (κ2) is 11.2. The molecule has 1 saturated carbocycles. The molecule has 6 rings (SSSR count). The lowest BCUT2D eigenvalue weighted by Crippen LogP contribution is -2.51. The number of hydrogen-bond acceptors (Lipinski definition) is 7. The number of aromatic nitrogens is 5. The van der Waals surface area contributed by atoms with Crippen LogP contribution in [0.25, 0.3) is 11.8 Å². The van der Waals surface area contributed by atoms with Gasteiger partial charge in [0.2, 0.25) is 15.8 Å². The summed E-state index contributed by atoms with van der Waals surface area (Å²) in [7, 11) is -2.99. The van der Waals surface area contributed by atoms with Crippen LogP contribution in [0.3, 0.4) is 0 Å². The van der Waals surface area contributed by atoms with Crippen molar-refractivity contribution in [2.45, 2.75) is 56.1 Å². The van der Waals surface area contributed by atoms with Crippen LogP contribution in [-0.4, -0.2) is 62.1 Å². The van der Waals surface area contributed by atoms with E-state index < -0.39 is 56.3 Å². The van der Waals surface area contributed by atoms with E-state index in [0.717, 1.165) is 17.4 Å². The van der Waals surface area contributed by atoms with Gasteiger partial charge in [0.1, 0.15) is 9.77 Å². The molecule has 0 radical (unpaired) electrons. The van der Waals surface area contributed by atoms with Crippen LogP contribution in [0.1, 0.15) is 50.8 Å². The lowest BCUT2D eigenvalue weighted by atomic mass is 9.61. The van der Waals surface area contributed by atoms with Gasteiger partial charge in [-0.2, -0.15) is 27.7 Å². The van der Waals surface area contributed by atoms with E-state index in [1.807, 2.05) is 31.2 Å². The number of alkyl halides is 5. The van der Waals surface area contributed by atoms with Gasteiger partial charge in [-0.3, -0.25) is 9.48 Å². The van der Waals surface area contributed by atoms with Crippen LogP contribution in [0.2, 0.25) is 0 Å². The smallest absolute Gasteiger partial charge is 0.290 e. The second-order valence-corrected chi connectivity index (χ2v) is 14.2. The molecule has 0 aliphatic heterocycles. The molecule has 45 heavy (non-hydrogen) atoms. The van der Waals surface area contributed by atoms with Gasteiger partial charge in [-0.15, -0.1) is 11.3 Å². The molecule has 4 aromatic rings. The van der Waals surface area contributed by atoms with E-state index in [-0.39, 0.29) is 41.9 Å². The van der Waals surface area contributed by atoms with Gasteiger partial charge in [-0.05, 0) is 56.4 Å². The summed E-state index contributed by atoms with van der Waals surface area (Å²) in [6, 6.07) is 6.52. The summed E-state index contributed by atoms with van der Waals surface area (Å²) in [4.78, 5) is 16.8. The van der Waals surface area contributed by atoms with Crippen molar-refractivity contribution in [1.82, 2.24) is 28.9 Å². The fourth-order valence-electron chi connectivity index (χ4n) is 6.18. The molecule has 3 aromatic heterocycles. The normalized spacial score (nSPS) is 20.3. The van der Waals surface area contributed by atoms with Gasteiger partial charge in [0.25, 0.3) is 6.43 Å². The highest BCUT2D eigenvalue weighted by atomic mass is 32.2. The Labute approximate surface area is 259 Å². The molecule has 1 aromatic carbocycles. The molecule has 1 fully saturated rings. The standard InChI is InChI=1S/C29H27F5N6O3S2/c1-17-3-6-20(7-4-17)40-23-9-19-5-8-21(39(16-25(30)31)45(42,43)22-13-36-38(2)15-22)11-28(19,10-18(23)12-37-40)26(41)27-35-14-24(44-27)29(32,33)34/h3-4,6-7,9,12-15,21,25H,5,8,10-11,16H2,1-2H3/t21-,28-/m0/s1. The van der Waals surface area contributed by atoms with E-state index in [2.05, 4.69) is 15.2 Å². The van der Waals surface area contributed by atoms with Crippen LogP contribution in [-0.2, 0) is 29.7 Å². The number of carbonyl (C=O) groups excluding carboxylic acids is 1. The molecule has 0 spiro atoms. The van der Waals surface area contributed by atoms with Crippen LogP contribution in [0.5, 0.6) is 0 Å². The van der Waals surface area contributed by atoms with Gasteiger partial charge in [-0.25, -0.2) is 26.9 Å². The Morgan fingerprint density at radius 3 is 2.51 bits per heavy atom. The monoisotopic (exact) mass is 666 g/mol. The zero-order valence-electron chi connectivity index (χ0n) is 24.0. The quantitative estimate of drug-likeness (QED) is 0.177. The van der Waals surface area contributed by atoms with Crippen LogP contribution in [0.4, 0.5) is 22.0 Å². The number of allylic oxidation sites excluding steroid dienone is 1. The highest BCUT2D eigenvalue weighted by Crippen LogP contribution is 2.52. The van der Waals surface area contributed by atoms with E-state index in [0.29, 0.717) is 27.3 Å². The van der Waals surface area contributed by atoms with E-state index >= 15 is 0 Å². The van der Waals surface area contributed by atoms with E-state index in [4.69, 9.17) is 0 Å². The fourth-order valence-corrected chi connectivity index (χ4v) is 8.62. The minimum atomic E-state index is -4.72. The van der Waals surface area contributed by atoms with Crippen LogP contribution < -0.4 is 0 Å². The predicted octanol–water partition coefficient (Wildman–Crippen LogP) is 5.71. The third kappa shape index (κ3) is 5.63. The van der Waals surface area contributed by atoms with E-state index in [1.54, 1.807) is 17.0 Å². The molecule has 16 heteroatoms. The van der Waals surface area contributed by atoms with Gasteiger partial charge < -0.3 is 0 Å². The maximum Gasteiger partial charge on any atom is 0.427 e. The Bertz CT molecular complexity index is 1890. The first-order valence-corrected chi connectivity index (χ1v) is 16.2. The third-order valence-corrected chi connectivity index (χ3v) is 11.3. The summed E-state index contributed by atoms with van der Waals surface area (Å²) in [5.74, 6) is -0.719. The lowest BCUT2D eigenvalue weighted by molar-refractivity contribution is -0.134. The average molecular weight is 667 g/mol. The van der Waals surface area contributed by atoms with Crippen molar-refractivity contribution in [2.24, 2.45) is 12.5 Å². The number of carbonyl (C=O) groups is 1. The molecule has 0 unspecified atom stereocenters. The molecule has 3 heterocycles. The zero-order valence-corrected chi connectivity index (χ0v) is 25.6. The first-order valence-electron chi connectivity index (χ1n) is 13.9. The molecule has 2 aliphatic rings. The first-order chi connectivity index (χ1) is 21.2. The Balaban J connectivity index is 1.45. The number of ketones is 1. The highest BCUT2D eigenvalue weighted by Gasteiger charge is 2.53. The Kier molecular flexibility index (Phi) is 7.80. The number of nitrogens with zero attached hydrogens (tertiary/aromatic N) is 6. The Morgan fingerprint density at radius 1 is 1.16 bits per heavy atom. The van der Waals surface area contributed by atoms with Crippen LogP contribution in [0, 0.1) is 12.3 Å². The molecule has 238 valence electrons. The SMILES string of the molecule is Cc1ccc(-n2ncc3c2C=C2CC[C@H](N(CC(F)F)S(=O)(=O)c4cnn(C)c4)C[C@@]2(C(=O)c2ncc(C(F)(F)F)s2)C3)cc1. The minimum absolute atomic E-state index is 0.0221. The number of Topliss-reactive ketones (excluding diaryl/α,β-unsaturated/α-hetero) is 1. The molecule has 0 saturated heterocycles. The van der Waals surface area contributed by atoms with Crippen molar-refractivity contribution < 1.29 is 35.2 Å². The number of rotatable bonds is 8. The number of halogens is 5. The molecule has 0 amide bonds. The van der Waals surface area contributed by atoms with Gasteiger partial charge >= 0.3 is 6.18 Å². The molecule has 0 N–H and O–H groups in total. The van der Waals surface area contributed by atoms with Crippen LogP contribution >= 0.6 is 11.3 Å². The number of fused-ring (bicyclic) bond motifs is 2. The minimum Gasteiger partial charge on any atom is -0.290 e. The van der Waals surface area contributed by atoms with Crippen molar-refractivity contribution >= 4 is 33.2 Å². The Hall–Kier alpha value is -3.76. The average Bonchev–Trinajstić information content (AvgIpc) is 3.74. The summed E-state index contributed by atoms with van der Waals surface area (Å²) < 4.78 is 99.3. The second-order valence-electron chi connectivity index (χ2n) is 11.3. The van der Waals surface area contributed by atoms with Crippen molar-refractivity contribution in [3.8, 4) is 5.69 Å². The number of aryl methyl sites for hydroxylation is 2. The number of hydrogen-bond donors (Lipinski definition) is 0. The molecule has 0 bridgehead atoms. The van der Waals surface area contributed by atoms with Gasteiger partial charge in [-0.1, -0.05) is 23.3 Å². The predicted molar refractivity (Wildman–Crippen MR) is 155 cm³/mol. The fraction of sp³-hybridized carbons (Fsp3) is 0.379. The summed E-state index contributed by atoms with van der Waals surface area (Å²) in [5.41, 5.74) is 2.10. The summed E-state index contributed by atoms with van der Waals surface area (Å²) >= 11 is 0.206. The molecular formula is C29H27F5N6O3S2. The number of thiazole rings is 1. The van der Waals surface area contributed by atoms with E-state index in [9.17, 15) is 35.2 Å². The van der Waals surface area contributed by atoms with Crippen molar-refractivity contribution in [3.05, 3.63) is 81.3 Å². The number of sulfonamides is 1.